The fourth-order valence-corrected chi connectivity index (χ4v) is 4.47. The third-order valence-corrected chi connectivity index (χ3v) is 6.32. The summed E-state index contributed by atoms with van der Waals surface area (Å²) in [5.74, 6) is 1.80. The number of pyridine rings is 1. The zero-order chi connectivity index (χ0) is 22.9. The number of aromatic nitrogens is 5. The van der Waals surface area contributed by atoms with Gasteiger partial charge in [-0.05, 0) is 45.1 Å². The Hall–Kier alpha value is -3.30. The number of hydrogen-bond acceptors (Lipinski definition) is 7. The molecule has 0 atom stereocenters. The molecule has 0 saturated carbocycles. The van der Waals surface area contributed by atoms with Crippen LogP contribution in [0.4, 0.5) is 0 Å². The van der Waals surface area contributed by atoms with Gasteiger partial charge in [-0.2, -0.15) is 9.50 Å². The van der Waals surface area contributed by atoms with E-state index >= 15 is 0 Å². The second-order valence-corrected chi connectivity index (χ2v) is 8.64. The molecule has 172 valence electrons. The van der Waals surface area contributed by atoms with Gasteiger partial charge in [0.05, 0.1) is 23.7 Å². The normalized spacial score (nSPS) is 15.5. The Morgan fingerprint density at radius 2 is 1.88 bits per heavy atom. The first-order valence-corrected chi connectivity index (χ1v) is 11.4. The van der Waals surface area contributed by atoms with Gasteiger partial charge in [-0.3, -0.25) is 4.79 Å². The number of fused-ring (bicyclic) bond motifs is 2. The molecular weight excluding hydrogens is 418 g/mol. The summed E-state index contributed by atoms with van der Waals surface area (Å²) < 4.78 is 8.89. The highest BCUT2D eigenvalue weighted by molar-refractivity contribution is 5.93. The number of aryl methyl sites for hydroxylation is 2. The molecule has 0 unspecified atom stereocenters. The van der Waals surface area contributed by atoms with E-state index in [1.165, 1.54) is 0 Å². The SMILES string of the molecule is COc1cccc(-c2c3c(=O)n(CCCN4CCN(C)CC4)ccc3nc3nc(C)nn23)c1. The maximum absolute atomic E-state index is 13.7. The molecule has 1 aliphatic heterocycles. The van der Waals surface area contributed by atoms with E-state index in [1.54, 1.807) is 16.2 Å². The summed E-state index contributed by atoms with van der Waals surface area (Å²) in [4.78, 5) is 27.5. The fraction of sp³-hybridized carbons (Fsp3) is 0.417. The van der Waals surface area contributed by atoms with Gasteiger partial charge in [0, 0.05) is 44.5 Å². The topological polar surface area (TPSA) is 80.8 Å². The number of rotatable bonds is 6. The number of likely N-dealkylation sites (N-methyl/N-ethyl adjacent to an activating group) is 1. The van der Waals surface area contributed by atoms with Crippen LogP contribution in [0.3, 0.4) is 0 Å². The first kappa shape index (κ1) is 21.5. The second kappa shape index (κ2) is 8.92. The van der Waals surface area contributed by atoms with Crippen LogP contribution < -0.4 is 10.3 Å². The third kappa shape index (κ3) is 4.21. The molecule has 9 heteroatoms. The van der Waals surface area contributed by atoms with Crippen LogP contribution in [0.15, 0.2) is 41.3 Å². The van der Waals surface area contributed by atoms with E-state index in [0.717, 1.165) is 44.7 Å². The predicted octanol–water partition coefficient (Wildman–Crippen LogP) is 2.06. The van der Waals surface area contributed by atoms with Gasteiger partial charge in [-0.25, -0.2) is 4.98 Å². The molecule has 0 radical (unpaired) electrons. The minimum absolute atomic E-state index is 0.0637. The zero-order valence-electron chi connectivity index (χ0n) is 19.4. The Morgan fingerprint density at radius 3 is 2.67 bits per heavy atom. The minimum atomic E-state index is -0.0637. The van der Waals surface area contributed by atoms with E-state index in [1.807, 2.05) is 43.5 Å². The molecule has 5 rings (SSSR count). The number of ether oxygens (including phenoxy) is 1. The molecule has 33 heavy (non-hydrogen) atoms. The lowest BCUT2D eigenvalue weighted by atomic mass is 10.1. The Morgan fingerprint density at radius 1 is 1.06 bits per heavy atom. The molecule has 1 fully saturated rings. The van der Waals surface area contributed by atoms with Gasteiger partial charge in [0.2, 0.25) is 0 Å². The summed E-state index contributed by atoms with van der Waals surface area (Å²) in [5, 5.41) is 5.08. The van der Waals surface area contributed by atoms with Gasteiger partial charge in [0.1, 0.15) is 11.6 Å². The van der Waals surface area contributed by atoms with Gasteiger partial charge >= 0.3 is 0 Å². The number of hydrogen-bond donors (Lipinski definition) is 0. The van der Waals surface area contributed by atoms with Crippen LogP contribution in [0, 0.1) is 6.92 Å². The lowest BCUT2D eigenvalue weighted by Gasteiger charge is -2.32. The highest BCUT2D eigenvalue weighted by atomic mass is 16.5. The van der Waals surface area contributed by atoms with Crippen molar-refractivity contribution in [2.75, 3.05) is 46.9 Å². The molecule has 0 bridgehead atoms. The maximum Gasteiger partial charge on any atom is 0.262 e. The van der Waals surface area contributed by atoms with Gasteiger partial charge in [-0.1, -0.05) is 12.1 Å². The zero-order valence-corrected chi connectivity index (χ0v) is 19.4. The first-order chi connectivity index (χ1) is 16.0. The van der Waals surface area contributed by atoms with Gasteiger partial charge in [-0.15, -0.1) is 5.10 Å². The molecule has 4 heterocycles. The number of benzene rings is 1. The number of nitrogens with zero attached hydrogens (tertiary/aromatic N) is 7. The highest BCUT2D eigenvalue weighted by Crippen LogP contribution is 2.28. The summed E-state index contributed by atoms with van der Waals surface area (Å²) in [7, 11) is 3.79. The van der Waals surface area contributed by atoms with Crippen LogP contribution in [-0.4, -0.2) is 80.8 Å². The average Bonchev–Trinajstić information content (AvgIpc) is 3.20. The molecule has 4 aromatic rings. The number of piperazine rings is 1. The van der Waals surface area contributed by atoms with E-state index in [4.69, 9.17) is 4.74 Å². The van der Waals surface area contributed by atoms with Crippen molar-refractivity contribution >= 4 is 16.7 Å². The van der Waals surface area contributed by atoms with E-state index in [2.05, 4.69) is 31.9 Å². The molecule has 0 N–H and O–H groups in total. The Balaban J connectivity index is 1.55. The smallest absolute Gasteiger partial charge is 0.262 e. The van der Waals surface area contributed by atoms with Crippen molar-refractivity contribution in [3.63, 3.8) is 0 Å². The maximum atomic E-state index is 13.7. The van der Waals surface area contributed by atoms with Crippen molar-refractivity contribution in [3.05, 3.63) is 52.7 Å². The summed E-state index contributed by atoms with van der Waals surface area (Å²) in [6, 6.07) is 9.56. The van der Waals surface area contributed by atoms with Crippen LogP contribution in [0.5, 0.6) is 5.75 Å². The van der Waals surface area contributed by atoms with Crippen molar-refractivity contribution in [1.82, 2.24) is 33.9 Å². The molecule has 3 aromatic heterocycles. The van der Waals surface area contributed by atoms with Crippen molar-refractivity contribution in [1.29, 1.82) is 0 Å². The lowest BCUT2D eigenvalue weighted by Crippen LogP contribution is -2.44. The largest absolute Gasteiger partial charge is 0.497 e. The van der Waals surface area contributed by atoms with Crippen molar-refractivity contribution in [3.8, 4) is 17.0 Å². The highest BCUT2D eigenvalue weighted by Gasteiger charge is 2.19. The second-order valence-electron chi connectivity index (χ2n) is 8.64. The van der Waals surface area contributed by atoms with Crippen LogP contribution in [0.1, 0.15) is 12.2 Å². The first-order valence-electron chi connectivity index (χ1n) is 11.4. The predicted molar refractivity (Wildman–Crippen MR) is 128 cm³/mol. The van der Waals surface area contributed by atoms with Gasteiger partial charge < -0.3 is 19.1 Å². The summed E-state index contributed by atoms with van der Waals surface area (Å²) in [6.07, 6.45) is 2.76. The Bertz CT molecular complexity index is 1350. The quantitative estimate of drug-likeness (QED) is 0.448. The molecule has 0 aliphatic carbocycles. The van der Waals surface area contributed by atoms with Gasteiger partial charge in [0.15, 0.2) is 0 Å². The lowest BCUT2D eigenvalue weighted by molar-refractivity contribution is 0.151. The van der Waals surface area contributed by atoms with Crippen LogP contribution in [0.2, 0.25) is 0 Å². The van der Waals surface area contributed by atoms with E-state index in [9.17, 15) is 4.79 Å². The molecule has 1 aliphatic rings. The summed E-state index contributed by atoms with van der Waals surface area (Å²) >= 11 is 0. The molecule has 1 saturated heterocycles. The molecular formula is C24H29N7O2. The Kier molecular flexibility index (Phi) is 5.82. The molecule has 9 nitrogen and oxygen atoms in total. The van der Waals surface area contributed by atoms with Gasteiger partial charge in [0.25, 0.3) is 11.3 Å². The van der Waals surface area contributed by atoms with Crippen molar-refractivity contribution in [2.45, 2.75) is 19.9 Å². The Labute approximate surface area is 192 Å². The molecule has 1 aromatic carbocycles. The average molecular weight is 448 g/mol. The standard InChI is InChI=1S/C24H29N7O2/c1-17-25-24-26-20-8-11-30(10-5-9-29-14-12-28(2)13-15-29)23(32)21(20)22(31(24)27-17)18-6-4-7-19(16-18)33-3/h4,6-8,11,16H,5,9-10,12-15H2,1-3H3. The summed E-state index contributed by atoms with van der Waals surface area (Å²) in [5.41, 5.74) is 2.08. The fourth-order valence-electron chi connectivity index (χ4n) is 4.47. The molecule has 0 spiro atoms. The van der Waals surface area contributed by atoms with Crippen LogP contribution in [0.25, 0.3) is 27.9 Å². The van der Waals surface area contributed by atoms with Crippen molar-refractivity contribution < 1.29 is 4.74 Å². The van der Waals surface area contributed by atoms with Crippen LogP contribution >= 0.6 is 0 Å². The van der Waals surface area contributed by atoms with Crippen molar-refractivity contribution in [2.24, 2.45) is 0 Å². The molecule has 0 amide bonds. The van der Waals surface area contributed by atoms with E-state index in [0.29, 0.717) is 40.5 Å². The van der Waals surface area contributed by atoms with Crippen LogP contribution in [-0.2, 0) is 6.54 Å². The summed E-state index contributed by atoms with van der Waals surface area (Å²) in [6.45, 7) is 7.82. The monoisotopic (exact) mass is 447 g/mol. The van der Waals surface area contributed by atoms with E-state index < -0.39 is 0 Å². The number of methoxy groups -OCH3 is 1. The minimum Gasteiger partial charge on any atom is -0.497 e. The third-order valence-electron chi connectivity index (χ3n) is 6.32. The van der Waals surface area contributed by atoms with E-state index in [-0.39, 0.29) is 5.56 Å².